The van der Waals surface area contributed by atoms with Gasteiger partial charge in [0.2, 0.25) is 15.9 Å². The van der Waals surface area contributed by atoms with Crippen molar-refractivity contribution in [3.8, 4) is 0 Å². The summed E-state index contributed by atoms with van der Waals surface area (Å²) < 4.78 is 44.2. The van der Waals surface area contributed by atoms with Crippen LogP contribution in [0, 0.1) is 11.3 Å². The van der Waals surface area contributed by atoms with Crippen LogP contribution in [0.15, 0.2) is 71.4 Å². The van der Waals surface area contributed by atoms with Gasteiger partial charge in [-0.25, -0.2) is 12.8 Å². The molecule has 2 aliphatic rings. The second kappa shape index (κ2) is 12.7. The Labute approximate surface area is 229 Å². The number of hydrogen-bond donors (Lipinski definition) is 4. The summed E-state index contributed by atoms with van der Waals surface area (Å²) in [7, 11) is -4.14. The summed E-state index contributed by atoms with van der Waals surface area (Å²) >= 11 is 0. The van der Waals surface area contributed by atoms with E-state index >= 15 is 0 Å². The maximum Gasteiger partial charge on any atom is 0.241 e. The van der Waals surface area contributed by atoms with Crippen LogP contribution < -0.4 is 16.2 Å². The number of carbonyl (C=O) groups is 1. The van der Waals surface area contributed by atoms with Gasteiger partial charge in [-0.3, -0.25) is 10.2 Å². The zero-order chi connectivity index (χ0) is 28.0. The summed E-state index contributed by atoms with van der Waals surface area (Å²) in [5.41, 5.74) is 13.3. The van der Waals surface area contributed by atoms with E-state index in [0.717, 1.165) is 19.3 Å². The zero-order valence-corrected chi connectivity index (χ0v) is 22.7. The number of sulfonamides is 1. The lowest BCUT2D eigenvalue weighted by atomic mass is 9.93. The second-order valence-electron chi connectivity index (χ2n) is 10.1. The van der Waals surface area contributed by atoms with Crippen LogP contribution in [0.25, 0.3) is 5.57 Å². The lowest BCUT2D eigenvalue weighted by molar-refractivity contribution is -0.134. The maximum atomic E-state index is 14.4. The lowest BCUT2D eigenvalue weighted by Crippen LogP contribution is -2.51. The van der Waals surface area contributed by atoms with Crippen LogP contribution >= 0.6 is 0 Å². The van der Waals surface area contributed by atoms with Crippen LogP contribution in [-0.4, -0.2) is 50.7 Å². The highest BCUT2D eigenvalue weighted by Gasteiger charge is 2.32. The Balaban J connectivity index is 1.60. The van der Waals surface area contributed by atoms with Crippen LogP contribution in [0.5, 0.6) is 0 Å². The number of hydrogen-bond acceptors (Lipinski definition) is 5. The number of rotatable bonds is 10. The molecule has 0 spiro atoms. The Hall–Kier alpha value is -3.34. The first kappa shape index (κ1) is 28.7. The Kier molecular flexibility index (Phi) is 9.32. The van der Waals surface area contributed by atoms with Gasteiger partial charge in [0.05, 0.1) is 4.90 Å². The van der Waals surface area contributed by atoms with Gasteiger partial charge in [0.1, 0.15) is 17.7 Å². The summed E-state index contributed by atoms with van der Waals surface area (Å²) in [6.07, 6.45) is 7.16. The molecule has 0 aromatic heterocycles. The monoisotopic (exact) mass is 553 g/mol. The number of piperidine rings is 1. The van der Waals surface area contributed by atoms with Crippen LogP contribution in [0.1, 0.15) is 48.8 Å². The van der Waals surface area contributed by atoms with Crippen molar-refractivity contribution in [3.63, 3.8) is 0 Å². The van der Waals surface area contributed by atoms with Crippen LogP contribution in [0.2, 0.25) is 0 Å². The van der Waals surface area contributed by atoms with E-state index in [1.807, 2.05) is 0 Å². The molecule has 1 atom stereocenters. The van der Waals surface area contributed by atoms with Crippen molar-refractivity contribution >= 4 is 27.3 Å². The Morgan fingerprint density at radius 1 is 1.10 bits per heavy atom. The fourth-order valence-corrected chi connectivity index (χ4v) is 6.40. The summed E-state index contributed by atoms with van der Waals surface area (Å²) in [5.74, 6) is -0.344. The molecule has 1 fully saturated rings. The van der Waals surface area contributed by atoms with E-state index in [-0.39, 0.29) is 28.9 Å². The first-order chi connectivity index (χ1) is 18.7. The van der Waals surface area contributed by atoms with Gasteiger partial charge >= 0.3 is 0 Å². The number of likely N-dealkylation sites (tertiary alicyclic amines) is 1. The van der Waals surface area contributed by atoms with Crippen molar-refractivity contribution in [2.75, 3.05) is 19.6 Å². The van der Waals surface area contributed by atoms with Gasteiger partial charge in [0.25, 0.3) is 0 Å². The molecule has 6 N–H and O–H groups in total. The molecule has 8 nitrogen and oxygen atoms in total. The van der Waals surface area contributed by atoms with Crippen molar-refractivity contribution in [1.82, 2.24) is 9.62 Å². The number of nitrogens with zero attached hydrogens (tertiary/aromatic N) is 1. The van der Waals surface area contributed by atoms with E-state index < -0.39 is 16.1 Å². The average Bonchev–Trinajstić information content (AvgIpc) is 2.93. The predicted octanol–water partition coefficient (Wildman–Crippen LogP) is 3.48. The zero-order valence-electron chi connectivity index (χ0n) is 21.9. The quantitative estimate of drug-likeness (QED) is 0.263. The largest absolute Gasteiger partial charge is 0.384 e. The highest BCUT2D eigenvalue weighted by Crippen LogP contribution is 2.30. The minimum Gasteiger partial charge on any atom is -0.384 e. The molecular formula is C29H36FN5O3S. The smallest absolute Gasteiger partial charge is 0.241 e. The molecule has 1 heterocycles. The van der Waals surface area contributed by atoms with Gasteiger partial charge in [-0.15, -0.1) is 0 Å². The van der Waals surface area contributed by atoms with Crippen molar-refractivity contribution < 1.29 is 17.6 Å². The van der Waals surface area contributed by atoms with E-state index in [0.29, 0.717) is 60.7 Å². The van der Waals surface area contributed by atoms with Crippen molar-refractivity contribution in [1.29, 1.82) is 5.41 Å². The molecule has 1 aliphatic heterocycles. The fraction of sp³-hybridized carbons (Fsp3) is 0.379. The number of benzene rings is 2. The third-order valence-electron chi connectivity index (χ3n) is 7.33. The van der Waals surface area contributed by atoms with Crippen molar-refractivity contribution in [3.05, 3.63) is 83.2 Å². The molecule has 0 radical (unpaired) electrons. The van der Waals surface area contributed by atoms with E-state index in [4.69, 9.17) is 16.9 Å². The summed E-state index contributed by atoms with van der Waals surface area (Å²) in [4.78, 5) is 15.4. The van der Waals surface area contributed by atoms with Gasteiger partial charge in [-0.2, -0.15) is 4.72 Å². The molecule has 39 heavy (non-hydrogen) atoms. The van der Waals surface area contributed by atoms with E-state index in [9.17, 15) is 17.6 Å². The topological polar surface area (TPSA) is 142 Å². The maximum absolute atomic E-state index is 14.4. The predicted molar refractivity (Wildman–Crippen MR) is 151 cm³/mol. The number of amidine groups is 1. The number of halogens is 1. The Morgan fingerprint density at radius 2 is 1.82 bits per heavy atom. The normalized spacial score (nSPS) is 17.3. The molecule has 1 amide bonds. The van der Waals surface area contributed by atoms with E-state index in [2.05, 4.69) is 4.72 Å². The summed E-state index contributed by atoms with van der Waals surface area (Å²) in [6, 6.07) is 11.9. The molecule has 0 saturated carbocycles. The van der Waals surface area contributed by atoms with Crippen molar-refractivity contribution in [2.45, 2.75) is 49.5 Å². The third-order valence-corrected chi connectivity index (χ3v) is 8.80. The lowest BCUT2D eigenvalue weighted by Gasteiger charge is -2.34. The first-order valence-electron chi connectivity index (χ1n) is 13.3. The number of amides is 1. The highest BCUT2D eigenvalue weighted by molar-refractivity contribution is 7.89. The number of carbonyl (C=O) groups excluding carboxylic acids is 1. The first-order valence-corrected chi connectivity index (χ1v) is 14.8. The number of allylic oxidation sites excluding steroid dienone is 4. The number of nitrogen functional groups attached to an aromatic ring is 1. The van der Waals surface area contributed by atoms with E-state index in [1.165, 1.54) is 18.2 Å². The van der Waals surface area contributed by atoms with Crippen LogP contribution in [-0.2, 0) is 21.2 Å². The van der Waals surface area contributed by atoms with Gasteiger partial charge in [0.15, 0.2) is 0 Å². The molecule has 4 rings (SSSR count). The second-order valence-corrected chi connectivity index (χ2v) is 11.8. The van der Waals surface area contributed by atoms with E-state index in [1.54, 1.807) is 47.4 Å². The number of nitrogens with one attached hydrogen (secondary N) is 2. The molecule has 0 unspecified atom stereocenters. The Bertz CT molecular complexity index is 1380. The minimum atomic E-state index is -4.14. The van der Waals surface area contributed by atoms with Crippen LogP contribution in [0.3, 0.4) is 0 Å². The minimum absolute atomic E-state index is 0.0452. The van der Waals surface area contributed by atoms with Crippen LogP contribution in [0.4, 0.5) is 4.39 Å². The molecular weight excluding hydrogens is 517 g/mol. The molecule has 2 aromatic rings. The average molecular weight is 554 g/mol. The molecule has 2 aromatic carbocycles. The molecule has 0 bridgehead atoms. The van der Waals surface area contributed by atoms with Gasteiger partial charge < -0.3 is 16.4 Å². The summed E-state index contributed by atoms with van der Waals surface area (Å²) in [5, 5.41) is 7.73. The molecule has 1 saturated heterocycles. The van der Waals surface area contributed by atoms with Crippen molar-refractivity contribution in [2.24, 2.45) is 17.4 Å². The SMILES string of the molecule is N=C(N)c1cccc(C[C@H](NS(=O)(=O)c2cccc(C3=CCCC=C3F)c2)C(=O)N2CCC(CCN)CC2)c1. The molecule has 1 aliphatic carbocycles. The number of nitrogens with two attached hydrogens (primary N) is 2. The van der Waals surface area contributed by atoms with Gasteiger partial charge in [-0.1, -0.05) is 36.4 Å². The molecule has 10 heteroatoms. The fourth-order valence-electron chi connectivity index (χ4n) is 5.17. The third kappa shape index (κ3) is 7.20. The molecule has 208 valence electrons. The standard InChI is InChI=1S/C29H36FN5O3S/c30-26-10-2-1-9-25(26)22-6-4-8-24(19-22)39(37,38)34-27(18-21-5-3-7-23(17-21)28(32)33)29(36)35-15-12-20(11-14-31)13-16-35/h3-10,17,19-20,27,34H,1-2,11-16,18,31H2,(H3,32,33)/t27-/m0/s1. The summed E-state index contributed by atoms with van der Waals surface area (Å²) in [6.45, 7) is 1.66. The van der Waals surface area contributed by atoms with Gasteiger partial charge in [-0.05, 0) is 86.4 Å². The van der Waals surface area contributed by atoms with Gasteiger partial charge in [0, 0.05) is 24.2 Å². The highest BCUT2D eigenvalue weighted by atomic mass is 32.2. The Morgan fingerprint density at radius 3 is 2.51 bits per heavy atom.